The van der Waals surface area contributed by atoms with Gasteiger partial charge in [0.1, 0.15) is 23.1 Å². The second-order valence-corrected chi connectivity index (χ2v) is 9.91. The topological polar surface area (TPSA) is 109 Å². The molecular weight excluding hydrogens is 506 g/mol. The van der Waals surface area contributed by atoms with Crippen molar-refractivity contribution < 1.29 is 27.8 Å². The van der Waals surface area contributed by atoms with Crippen molar-refractivity contribution >= 4 is 51.9 Å². The van der Waals surface area contributed by atoms with E-state index < -0.39 is 23.8 Å². The summed E-state index contributed by atoms with van der Waals surface area (Å²) in [7, 11) is 1.48. The molecule has 0 spiro atoms. The van der Waals surface area contributed by atoms with Crippen molar-refractivity contribution in [2.24, 2.45) is 0 Å². The van der Waals surface area contributed by atoms with Gasteiger partial charge in [-0.3, -0.25) is 14.7 Å². The maximum atomic E-state index is 15.3. The number of hydrogen-bond donors (Lipinski definition) is 2. The molecule has 0 aliphatic carbocycles. The van der Waals surface area contributed by atoms with Crippen molar-refractivity contribution in [1.82, 2.24) is 15.3 Å². The van der Waals surface area contributed by atoms with Gasteiger partial charge >= 0.3 is 6.09 Å². The van der Waals surface area contributed by atoms with Crippen molar-refractivity contribution in [3.05, 3.63) is 42.1 Å². The number of benzene rings is 1. The first kappa shape index (κ1) is 23.7. The summed E-state index contributed by atoms with van der Waals surface area (Å²) in [5.74, 6) is -0.831. The molecule has 0 bridgehead atoms. The van der Waals surface area contributed by atoms with Crippen LogP contribution < -0.4 is 25.2 Å². The Bertz CT molecular complexity index is 1420. The van der Waals surface area contributed by atoms with Crippen molar-refractivity contribution in [1.29, 1.82) is 0 Å². The molecule has 6 rings (SSSR count). The number of rotatable bonds is 6. The molecule has 192 valence electrons. The zero-order chi connectivity index (χ0) is 25.7. The van der Waals surface area contributed by atoms with E-state index >= 15 is 4.39 Å². The third-order valence-corrected chi connectivity index (χ3v) is 7.62. The lowest BCUT2D eigenvalue weighted by molar-refractivity contribution is -0.113. The van der Waals surface area contributed by atoms with Crippen LogP contribution in [0.15, 0.2) is 35.4 Å². The van der Waals surface area contributed by atoms with E-state index in [1.807, 2.05) is 4.90 Å². The molecule has 0 saturated carbocycles. The molecule has 1 aromatic carbocycles. The van der Waals surface area contributed by atoms with E-state index in [0.717, 1.165) is 6.20 Å². The van der Waals surface area contributed by atoms with Crippen LogP contribution in [0.4, 0.5) is 30.6 Å². The van der Waals surface area contributed by atoms with Crippen LogP contribution in [-0.2, 0) is 9.53 Å². The Hall–Kier alpha value is -3.71. The molecule has 5 heterocycles. The van der Waals surface area contributed by atoms with Crippen molar-refractivity contribution in [2.75, 3.05) is 54.2 Å². The number of nitrogens with zero attached hydrogens (tertiary/aromatic N) is 4. The Morgan fingerprint density at radius 1 is 1.24 bits per heavy atom. The van der Waals surface area contributed by atoms with Gasteiger partial charge in [0.05, 0.1) is 55.1 Å². The summed E-state index contributed by atoms with van der Waals surface area (Å²) in [6, 6.07) is 6.02. The molecule has 2 N–H and O–H groups in total. The van der Waals surface area contributed by atoms with Gasteiger partial charge in [0.15, 0.2) is 5.82 Å². The molecular formula is C24H22F2N6O4S. The van der Waals surface area contributed by atoms with E-state index in [1.54, 1.807) is 12.1 Å². The number of ether oxygens (including phenoxy) is 2. The first-order chi connectivity index (χ1) is 17.9. The Labute approximate surface area is 214 Å². The molecule has 1 atom stereocenters. The zero-order valence-electron chi connectivity index (χ0n) is 19.7. The number of carbonyl (C=O) groups excluding carboxylic acids is 2. The summed E-state index contributed by atoms with van der Waals surface area (Å²) in [5, 5.41) is 5.89. The maximum absolute atomic E-state index is 15.3. The summed E-state index contributed by atoms with van der Waals surface area (Å²) in [6.45, 7) is 1.42. The normalized spacial score (nSPS) is 19.3. The molecule has 10 nitrogen and oxygen atoms in total. The number of carbonyl (C=O) groups is 2. The van der Waals surface area contributed by atoms with E-state index in [9.17, 15) is 14.0 Å². The molecule has 2 aromatic heterocycles. The van der Waals surface area contributed by atoms with Gasteiger partial charge < -0.3 is 25.0 Å². The summed E-state index contributed by atoms with van der Waals surface area (Å²) < 4.78 is 41.1. The predicted octanol–water partition coefficient (Wildman–Crippen LogP) is 2.76. The minimum absolute atomic E-state index is 0.0119. The lowest BCUT2D eigenvalue weighted by atomic mass is 10.1. The molecule has 3 aliphatic heterocycles. The quantitative estimate of drug-likeness (QED) is 0.499. The minimum Gasteiger partial charge on any atom is -0.481 e. The molecule has 3 aliphatic rings. The standard InChI is InChI=1S/C24H22F2N6O4S/c1-35-21-3-2-16-22(30-21)23(15(26)8-28-16)31(12-6-27-7-12)9-13-10-32(24(34)36-13)18-5-17-19(4-14(18)25)37-11-20(33)29-17/h2-5,8,12-13,27H,6-7,9-11H2,1H3,(H,29,33)/t13-/m1/s1. The number of anilines is 3. The van der Waals surface area contributed by atoms with Crippen molar-refractivity contribution in [2.45, 2.75) is 17.0 Å². The number of halogens is 2. The number of hydrogen-bond acceptors (Lipinski definition) is 9. The third kappa shape index (κ3) is 4.27. The molecule has 2 fully saturated rings. The molecule has 3 aromatic rings. The predicted molar refractivity (Wildman–Crippen MR) is 133 cm³/mol. The van der Waals surface area contributed by atoms with Gasteiger partial charge in [-0.25, -0.2) is 18.6 Å². The Morgan fingerprint density at radius 2 is 2.08 bits per heavy atom. The highest BCUT2D eigenvalue weighted by molar-refractivity contribution is 8.00. The number of pyridine rings is 2. The fourth-order valence-electron chi connectivity index (χ4n) is 4.65. The summed E-state index contributed by atoms with van der Waals surface area (Å²) in [5.41, 5.74) is 1.53. The Morgan fingerprint density at radius 3 is 2.84 bits per heavy atom. The van der Waals surface area contributed by atoms with Crippen LogP contribution in [0.25, 0.3) is 11.0 Å². The Balaban J connectivity index is 1.31. The molecule has 2 amide bonds. The van der Waals surface area contributed by atoms with Crippen LogP contribution in [0, 0.1) is 11.6 Å². The number of thioether (sulfide) groups is 1. The van der Waals surface area contributed by atoms with Crippen LogP contribution >= 0.6 is 11.8 Å². The van der Waals surface area contributed by atoms with Gasteiger partial charge in [0.2, 0.25) is 11.8 Å². The van der Waals surface area contributed by atoms with Crippen LogP contribution in [0.3, 0.4) is 0 Å². The second kappa shape index (κ2) is 9.30. The monoisotopic (exact) mass is 528 g/mol. The van der Waals surface area contributed by atoms with Gasteiger partial charge in [-0.2, -0.15) is 0 Å². The SMILES string of the molecule is COc1ccc2ncc(F)c(N(C[C@@H]3CN(c4cc5c(cc4F)SCC(=O)N5)C(=O)O3)C3CNC3)c2n1. The zero-order valence-corrected chi connectivity index (χ0v) is 20.5. The van der Waals surface area contributed by atoms with Gasteiger partial charge in [-0.1, -0.05) is 0 Å². The maximum Gasteiger partial charge on any atom is 0.414 e. The largest absolute Gasteiger partial charge is 0.481 e. The third-order valence-electron chi connectivity index (χ3n) is 6.56. The highest BCUT2D eigenvalue weighted by Gasteiger charge is 2.39. The smallest absolute Gasteiger partial charge is 0.414 e. The highest BCUT2D eigenvalue weighted by atomic mass is 32.2. The molecule has 0 unspecified atom stereocenters. The van der Waals surface area contributed by atoms with Gasteiger partial charge in [0.25, 0.3) is 0 Å². The number of fused-ring (bicyclic) bond motifs is 2. The Kier molecular flexibility index (Phi) is 5.95. The number of amides is 2. The van der Waals surface area contributed by atoms with Crippen LogP contribution in [-0.4, -0.2) is 73.2 Å². The number of cyclic esters (lactones) is 1. The first-order valence-corrected chi connectivity index (χ1v) is 12.6. The average molecular weight is 529 g/mol. The second-order valence-electron chi connectivity index (χ2n) is 8.89. The van der Waals surface area contributed by atoms with E-state index in [2.05, 4.69) is 20.6 Å². The summed E-state index contributed by atoms with van der Waals surface area (Å²) in [6.07, 6.45) is -0.252. The van der Waals surface area contributed by atoms with Crippen LogP contribution in [0.5, 0.6) is 5.88 Å². The summed E-state index contributed by atoms with van der Waals surface area (Å²) >= 11 is 1.23. The van der Waals surface area contributed by atoms with E-state index in [0.29, 0.717) is 40.6 Å². The van der Waals surface area contributed by atoms with Crippen molar-refractivity contribution in [3.8, 4) is 5.88 Å². The lowest BCUT2D eigenvalue weighted by Gasteiger charge is -2.40. The molecule has 2 saturated heterocycles. The van der Waals surface area contributed by atoms with Crippen LogP contribution in [0.1, 0.15) is 0 Å². The van der Waals surface area contributed by atoms with Gasteiger partial charge in [-0.15, -0.1) is 11.8 Å². The van der Waals surface area contributed by atoms with E-state index in [4.69, 9.17) is 9.47 Å². The highest BCUT2D eigenvalue weighted by Crippen LogP contribution is 2.38. The van der Waals surface area contributed by atoms with Crippen molar-refractivity contribution in [3.63, 3.8) is 0 Å². The van der Waals surface area contributed by atoms with Gasteiger partial charge in [-0.05, 0) is 18.2 Å². The fraction of sp³-hybridized carbons (Fsp3) is 0.333. The van der Waals surface area contributed by atoms with Crippen LogP contribution in [0.2, 0.25) is 0 Å². The number of aromatic nitrogens is 2. The lowest BCUT2D eigenvalue weighted by Crippen LogP contribution is -2.59. The fourth-order valence-corrected chi connectivity index (χ4v) is 5.46. The number of nitrogens with one attached hydrogen (secondary N) is 2. The first-order valence-electron chi connectivity index (χ1n) is 11.6. The number of methoxy groups -OCH3 is 1. The van der Waals surface area contributed by atoms with E-state index in [-0.39, 0.29) is 42.2 Å². The average Bonchev–Trinajstić information content (AvgIpc) is 3.21. The molecule has 13 heteroatoms. The minimum atomic E-state index is -0.717. The van der Waals surface area contributed by atoms with Gasteiger partial charge in [0, 0.05) is 24.1 Å². The molecule has 0 radical (unpaired) electrons. The molecule has 37 heavy (non-hydrogen) atoms. The van der Waals surface area contributed by atoms with E-state index in [1.165, 1.54) is 35.9 Å². The summed E-state index contributed by atoms with van der Waals surface area (Å²) in [4.78, 5) is 36.8.